The highest BCUT2D eigenvalue weighted by Crippen LogP contribution is 2.19. The number of aliphatic carboxylic acids is 1. The van der Waals surface area contributed by atoms with Crippen LogP contribution in [0.4, 0.5) is 0 Å². The van der Waals surface area contributed by atoms with Crippen molar-refractivity contribution in [3.05, 3.63) is 0 Å². The maximum Gasteiger partial charge on any atom is 0.303 e. The molecular formula is C12H22O2S2. The van der Waals surface area contributed by atoms with Crippen molar-refractivity contribution in [3.63, 3.8) is 0 Å². The lowest BCUT2D eigenvalue weighted by molar-refractivity contribution is -0.137. The number of hydrogen-bond acceptors (Lipinski definition) is 3. The lowest BCUT2D eigenvalue weighted by atomic mass is 9.93. The maximum absolute atomic E-state index is 10.4. The molecule has 94 valence electrons. The maximum atomic E-state index is 10.4. The zero-order valence-corrected chi connectivity index (χ0v) is 11.7. The van der Waals surface area contributed by atoms with Gasteiger partial charge in [-0.15, -0.1) is 0 Å². The second-order valence-corrected chi connectivity index (χ2v) is 5.04. The number of thiocarbonyl (C=S) groups is 1. The number of hydrogen-bond donors (Lipinski definition) is 2. The Morgan fingerprint density at radius 1 is 1.31 bits per heavy atom. The Kier molecular flexibility index (Phi) is 10.0. The van der Waals surface area contributed by atoms with Gasteiger partial charge in [-0.05, 0) is 42.2 Å². The minimum Gasteiger partial charge on any atom is -0.481 e. The van der Waals surface area contributed by atoms with E-state index in [1.54, 1.807) is 0 Å². The van der Waals surface area contributed by atoms with E-state index in [0.717, 1.165) is 49.1 Å². The number of carbonyl (C=O) groups is 1. The molecule has 0 aromatic rings. The van der Waals surface area contributed by atoms with E-state index in [-0.39, 0.29) is 6.42 Å². The number of carboxylic acids is 1. The topological polar surface area (TPSA) is 37.3 Å². The van der Waals surface area contributed by atoms with Crippen LogP contribution in [0.25, 0.3) is 0 Å². The van der Waals surface area contributed by atoms with E-state index in [4.69, 9.17) is 17.3 Å². The molecule has 16 heavy (non-hydrogen) atoms. The van der Waals surface area contributed by atoms with Crippen LogP contribution < -0.4 is 0 Å². The normalized spacial score (nSPS) is 12.4. The first kappa shape index (κ1) is 15.9. The van der Waals surface area contributed by atoms with E-state index in [0.29, 0.717) is 5.92 Å². The van der Waals surface area contributed by atoms with Crippen molar-refractivity contribution in [1.82, 2.24) is 0 Å². The molecule has 0 fully saturated rings. The molecule has 0 aliphatic carbocycles. The fourth-order valence-corrected chi connectivity index (χ4v) is 2.49. The molecule has 0 aliphatic heterocycles. The van der Waals surface area contributed by atoms with Gasteiger partial charge < -0.3 is 5.11 Å². The summed E-state index contributed by atoms with van der Waals surface area (Å²) >= 11 is 9.64. The first-order chi connectivity index (χ1) is 7.61. The summed E-state index contributed by atoms with van der Waals surface area (Å²) in [6.45, 7) is 2.13. The molecule has 1 N–H and O–H groups in total. The van der Waals surface area contributed by atoms with Crippen molar-refractivity contribution in [1.29, 1.82) is 0 Å². The Hall–Kier alpha value is -0.0900. The Balaban J connectivity index is 3.84. The lowest BCUT2D eigenvalue weighted by Gasteiger charge is -2.16. The predicted molar refractivity (Wildman–Crippen MR) is 75.6 cm³/mol. The highest BCUT2D eigenvalue weighted by Gasteiger charge is 2.12. The van der Waals surface area contributed by atoms with E-state index in [9.17, 15) is 4.79 Å². The van der Waals surface area contributed by atoms with E-state index < -0.39 is 5.97 Å². The molecule has 4 heteroatoms. The van der Waals surface area contributed by atoms with E-state index in [1.165, 1.54) is 0 Å². The first-order valence-corrected chi connectivity index (χ1v) is 7.01. The quantitative estimate of drug-likeness (QED) is 0.358. The summed E-state index contributed by atoms with van der Waals surface area (Å²) in [6.07, 6.45) is 6.13. The molecule has 0 aromatic carbocycles. The van der Waals surface area contributed by atoms with Gasteiger partial charge in [-0.25, -0.2) is 0 Å². The molecule has 0 heterocycles. The Labute approximate surface area is 109 Å². The molecule has 0 aromatic heterocycles. The van der Waals surface area contributed by atoms with Crippen molar-refractivity contribution in [2.45, 2.75) is 51.9 Å². The third-order valence-electron chi connectivity index (χ3n) is 2.62. The number of rotatable bonds is 10. The van der Waals surface area contributed by atoms with Crippen LogP contribution >= 0.6 is 24.8 Å². The van der Waals surface area contributed by atoms with Crippen molar-refractivity contribution in [3.8, 4) is 0 Å². The molecule has 0 radical (unpaired) electrons. The summed E-state index contributed by atoms with van der Waals surface area (Å²) in [5.41, 5.74) is 0. The van der Waals surface area contributed by atoms with Crippen LogP contribution in [0, 0.1) is 5.92 Å². The molecule has 2 nitrogen and oxygen atoms in total. The highest BCUT2D eigenvalue weighted by atomic mass is 32.1. The van der Waals surface area contributed by atoms with Crippen molar-refractivity contribution >= 4 is 35.7 Å². The number of thiol groups is 1. The molecule has 0 amide bonds. The molecular weight excluding hydrogens is 240 g/mol. The summed E-state index contributed by atoms with van der Waals surface area (Å²) in [4.78, 5) is 11.5. The molecule has 1 atom stereocenters. The Morgan fingerprint density at radius 3 is 2.50 bits per heavy atom. The Bertz CT molecular complexity index is 217. The lowest BCUT2D eigenvalue weighted by Crippen LogP contribution is -2.13. The fraction of sp³-hybridized carbons (Fsp3) is 0.833. The van der Waals surface area contributed by atoms with Crippen LogP contribution in [0.5, 0.6) is 0 Å². The standard InChI is InChI=1S/C12H22O2S2/c1-2-5-11(16)10(8-9-15)6-3-4-7-12(13)14/h10,15H,2-9H2,1H3,(H,13,14). The zero-order valence-electron chi connectivity index (χ0n) is 9.95. The average molecular weight is 262 g/mol. The van der Waals surface area contributed by atoms with Gasteiger partial charge in [0.2, 0.25) is 0 Å². The van der Waals surface area contributed by atoms with Crippen molar-refractivity contribution < 1.29 is 9.90 Å². The van der Waals surface area contributed by atoms with Crippen LogP contribution in [0.2, 0.25) is 0 Å². The fourth-order valence-electron chi connectivity index (χ4n) is 1.74. The van der Waals surface area contributed by atoms with Crippen LogP contribution in [0.1, 0.15) is 51.9 Å². The predicted octanol–water partition coefficient (Wildman–Crippen LogP) is 3.74. The molecule has 0 aliphatic rings. The van der Waals surface area contributed by atoms with E-state index in [2.05, 4.69) is 19.6 Å². The largest absolute Gasteiger partial charge is 0.481 e. The highest BCUT2D eigenvalue weighted by molar-refractivity contribution is 7.80. The number of carboxylic acid groups (broad SMARTS) is 1. The van der Waals surface area contributed by atoms with Crippen LogP contribution in [-0.4, -0.2) is 21.7 Å². The summed E-state index contributed by atoms with van der Waals surface area (Å²) < 4.78 is 0. The minimum absolute atomic E-state index is 0.272. The van der Waals surface area contributed by atoms with Gasteiger partial charge in [0.05, 0.1) is 0 Å². The van der Waals surface area contributed by atoms with Gasteiger partial charge in [0.15, 0.2) is 0 Å². The van der Waals surface area contributed by atoms with Gasteiger partial charge in [-0.2, -0.15) is 12.6 Å². The minimum atomic E-state index is -0.707. The third-order valence-corrected chi connectivity index (χ3v) is 3.42. The number of unbranched alkanes of at least 4 members (excludes halogenated alkanes) is 1. The summed E-state index contributed by atoms with van der Waals surface area (Å²) in [6, 6.07) is 0. The summed E-state index contributed by atoms with van der Waals surface area (Å²) in [5, 5.41) is 8.54. The van der Waals surface area contributed by atoms with Gasteiger partial charge in [-0.3, -0.25) is 4.79 Å². The molecule has 0 spiro atoms. The van der Waals surface area contributed by atoms with Gasteiger partial charge in [-0.1, -0.05) is 32.0 Å². The SMILES string of the molecule is CCCC(=S)C(CCS)CCCCC(=O)O. The second kappa shape index (κ2) is 10.1. The van der Waals surface area contributed by atoms with E-state index in [1.807, 2.05) is 0 Å². The monoisotopic (exact) mass is 262 g/mol. The zero-order chi connectivity index (χ0) is 12.4. The third kappa shape index (κ3) is 8.11. The van der Waals surface area contributed by atoms with Gasteiger partial charge in [0.1, 0.15) is 0 Å². The van der Waals surface area contributed by atoms with Crippen LogP contribution in [-0.2, 0) is 4.79 Å². The van der Waals surface area contributed by atoms with Gasteiger partial charge in [0.25, 0.3) is 0 Å². The average Bonchev–Trinajstić information content (AvgIpc) is 2.22. The summed E-state index contributed by atoms with van der Waals surface area (Å²) in [7, 11) is 0. The van der Waals surface area contributed by atoms with Crippen molar-refractivity contribution in [2.75, 3.05) is 5.75 Å². The second-order valence-electron chi connectivity index (χ2n) is 4.07. The Morgan fingerprint density at radius 2 is 2.00 bits per heavy atom. The molecule has 0 saturated carbocycles. The smallest absolute Gasteiger partial charge is 0.303 e. The summed E-state index contributed by atoms with van der Waals surface area (Å²) in [5.74, 6) is 0.608. The van der Waals surface area contributed by atoms with Crippen molar-refractivity contribution in [2.24, 2.45) is 5.92 Å². The van der Waals surface area contributed by atoms with Gasteiger partial charge >= 0.3 is 5.97 Å². The van der Waals surface area contributed by atoms with Crippen LogP contribution in [0.15, 0.2) is 0 Å². The first-order valence-electron chi connectivity index (χ1n) is 5.97. The molecule has 0 bridgehead atoms. The van der Waals surface area contributed by atoms with Crippen LogP contribution in [0.3, 0.4) is 0 Å². The molecule has 0 rings (SSSR count). The van der Waals surface area contributed by atoms with E-state index >= 15 is 0 Å². The van der Waals surface area contributed by atoms with Gasteiger partial charge in [0, 0.05) is 6.42 Å². The molecule has 0 saturated heterocycles. The molecule has 1 unspecified atom stereocenters.